The predicted octanol–water partition coefficient (Wildman–Crippen LogP) is 2.99. The topological polar surface area (TPSA) is 76.1 Å². The van der Waals surface area contributed by atoms with E-state index in [4.69, 9.17) is 14.6 Å². The molecule has 0 atom stereocenters. The Kier molecular flexibility index (Phi) is 8.11. The van der Waals surface area contributed by atoms with Crippen LogP contribution in [0.5, 0.6) is 5.75 Å². The van der Waals surface area contributed by atoms with Crippen molar-refractivity contribution >= 4 is 12.1 Å². The Bertz CT molecular complexity index is 631. The van der Waals surface area contributed by atoms with E-state index in [-0.39, 0.29) is 18.6 Å². The molecule has 1 heterocycles. The second-order valence-corrected chi connectivity index (χ2v) is 8.37. The molecule has 7 nitrogen and oxygen atoms in total. The lowest BCUT2D eigenvalue weighted by molar-refractivity contribution is -0.870. The number of aliphatic carboxylic acids is 1. The number of unbranched alkanes of at least 4 members (excludes halogenated alkanes) is 1. The number of piperidine rings is 1. The average Bonchev–Trinajstić information content (AvgIpc) is 2.66. The van der Waals surface area contributed by atoms with Crippen LogP contribution in [0.15, 0.2) is 24.3 Å². The monoisotopic (exact) mass is 393 g/mol. The summed E-state index contributed by atoms with van der Waals surface area (Å²) in [6.07, 6.45) is 2.71. The zero-order valence-corrected chi connectivity index (χ0v) is 17.2. The first kappa shape index (κ1) is 22.0. The summed E-state index contributed by atoms with van der Waals surface area (Å²) in [5, 5.41) is 9.00. The van der Waals surface area contributed by atoms with Crippen molar-refractivity contribution in [1.29, 1.82) is 0 Å². The van der Waals surface area contributed by atoms with Crippen molar-refractivity contribution in [3.8, 4) is 5.75 Å². The van der Waals surface area contributed by atoms with Gasteiger partial charge in [0.15, 0.2) is 0 Å². The Balaban J connectivity index is 1.65. The van der Waals surface area contributed by atoms with Crippen LogP contribution in [0.2, 0.25) is 0 Å². The second-order valence-electron chi connectivity index (χ2n) is 8.37. The number of carboxylic acid groups (broad SMARTS) is 1. The molecule has 0 bridgehead atoms. The quantitative estimate of drug-likeness (QED) is 0.516. The standard InChI is InChI=1S/C21H32N2O5/c1-23(2,3)14-4-5-15-27-19-8-6-17(7-9-19)16-28-21(26)22-12-10-18(11-13-22)20(24)25/h6-9,18H,4-5,10-16H2,1-3H3/p+1. The van der Waals surface area contributed by atoms with Crippen molar-refractivity contribution in [1.82, 2.24) is 4.90 Å². The summed E-state index contributed by atoms with van der Waals surface area (Å²) in [4.78, 5) is 24.7. The highest BCUT2D eigenvalue weighted by Crippen LogP contribution is 2.19. The molecular formula is C21H33N2O5+. The molecule has 0 aromatic heterocycles. The number of nitrogens with zero attached hydrogens (tertiary/aromatic N) is 2. The van der Waals surface area contributed by atoms with Gasteiger partial charge in [0, 0.05) is 13.1 Å². The molecule has 1 saturated heterocycles. The minimum Gasteiger partial charge on any atom is -0.494 e. The van der Waals surface area contributed by atoms with E-state index in [1.54, 1.807) is 4.90 Å². The Morgan fingerprint density at radius 2 is 1.75 bits per heavy atom. The number of benzene rings is 1. The van der Waals surface area contributed by atoms with Crippen molar-refractivity contribution in [2.45, 2.75) is 32.3 Å². The van der Waals surface area contributed by atoms with E-state index in [9.17, 15) is 9.59 Å². The molecule has 1 amide bonds. The Morgan fingerprint density at radius 1 is 1.11 bits per heavy atom. The summed E-state index contributed by atoms with van der Waals surface area (Å²) in [6, 6.07) is 7.57. The number of quaternary nitrogens is 1. The van der Waals surface area contributed by atoms with Gasteiger partial charge in [-0.1, -0.05) is 12.1 Å². The van der Waals surface area contributed by atoms with Crippen LogP contribution >= 0.6 is 0 Å². The minimum absolute atomic E-state index is 0.196. The van der Waals surface area contributed by atoms with Gasteiger partial charge in [0.05, 0.1) is 40.2 Å². The van der Waals surface area contributed by atoms with Crippen LogP contribution in [0.1, 0.15) is 31.2 Å². The third-order valence-corrected chi connectivity index (χ3v) is 4.88. The third-order valence-electron chi connectivity index (χ3n) is 4.88. The molecule has 0 spiro atoms. The second kappa shape index (κ2) is 10.3. The lowest BCUT2D eigenvalue weighted by atomic mass is 9.97. The van der Waals surface area contributed by atoms with E-state index in [0.29, 0.717) is 32.5 Å². The molecule has 2 rings (SSSR count). The number of hydrogen-bond donors (Lipinski definition) is 1. The normalized spacial score (nSPS) is 15.3. The van der Waals surface area contributed by atoms with E-state index >= 15 is 0 Å². The fraction of sp³-hybridized carbons (Fsp3) is 0.619. The van der Waals surface area contributed by atoms with Crippen LogP contribution in [0.3, 0.4) is 0 Å². The van der Waals surface area contributed by atoms with Crippen molar-refractivity contribution in [2.75, 3.05) is 47.4 Å². The van der Waals surface area contributed by atoms with Crippen LogP contribution in [-0.4, -0.2) is 73.9 Å². The van der Waals surface area contributed by atoms with E-state index < -0.39 is 5.97 Å². The molecular weight excluding hydrogens is 360 g/mol. The molecule has 0 unspecified atom stereocenters. The van der Waals surface area contributed by atoms with Gasteiger partial charge >= 0.3 is 12.1 Å². The van der Waals surface area contributed by atoms with Crippen LogP contribution in [0.25, 0.3) is 0 Å². The highest BCUT2D eigenvalue weighted by atomic mass is 16.6. The summed E-state index contributed by atoms with van der Waals surface area (Å²) < 4.78 is 12.1. The average molecular weight is 394 g/mol. The first-order chi connectivity index (χ1) is 13.2. The summed E-state index contributed by atoms with van der Waals surface area (Å²) in [5.74, 6) is -0.330. The number of hydrogen-bond acceptors (Lipinski definition) is 4. The van der Waals surface area contributed by atoms with Crippen LogP contribution in [0.4, 0.5) is 4.79 Å². The van der Waals surface area contributed by atoms with Crippen molar-refractivity contribution in [2.24, 2.45) is 5.92 Å². The molecule has 1 fully saturated rings. The van der Waals surface area contributed by atoms with Gasteiger partial charge < -0.3 is 24.0 Å². The lowest BCUT2D eigenvalue weighted by Crippen LogP contribution is -2.40. The molecule has 28 heavy (non-hydrogen) atoms. The minimum atomic E-state index is -0.788. The molecule has 7 heteroatoms. The maximum Gasteiger partial charge on any atom is 0.410 e. The maximum atomic E-state index is 12.1. The number of ether oxygens (including phenoxy) is 2. The molecule has 1 aromatic rings. The van der Waals surface area contributed by atoms with E-state index in [2.05, 4.69) is 21.1 Å². The fourth-order valence-electron chi connectivity index (χ4n) is 3.11. The molecule has 0 aliphatic carbocycles. The number of likely N-dealkylation sites (tertiary alicyclic amines) is 1. The van der Waals surface area contributed by atoms with E-state index in [1.807, 2.05) is 24.3 Å². The molecule has 1 N–H and O–H groups in total. The highest BCUT2D eigenvalue weighted by Gasteiger charge is 2.27. The molecule has 156 valence electrons. The van der Waals surface area contributed by atoms with Crippen LogP contribution in [0, 0.1) is 5.92 Å². The summed E-state index contributed by atoms with van der Waals surface area (Å²) in [6.45, 7) is 2.87. The predicted molar refractivity (Wildman–Crippen MR) is 106 cm³/mol. The van der Waals surface area contributed by atoms with Gasteiger partial charge in [-0.2, -0.15) is 0 Å². The molecule has 1 aliphatic heterocycles. The van der Waals surface area contributed by atoms with Crippen LogP contribution in [-0.2, 0) is 16.1 Å². The van der Waals surface area contributed by atoms with Gasteiger partial charge in [0.25, 0.3) is 0 Å². The SMILES string of the molecule is C[N+](C)(C)CCCCOc1ccc(COC(=O)N2CCC(C(=O)O)CC2)cc1. The summed E-state index contributed by atoms with van der Waals surface area (Å²) in [5.41, 5.74) is 0.895. The van der Waals surface area contributed by atoms with E-state index in [1.165, 1.54) is 0 Å². The number of amides is 1. The number of carbonyl (C=O) groups is 2. The smallest absolute Gasteiger partial charge is 0.410 e. The molecule has 1 aromatic carbocycles. The van der Waals surface area contributed by atoms with Crippen molar-refractivity contribution < 1.29 is 28.7 Å². The van der Waals surface area contributed by atoms with Crippen molar-refractivity contribution in [3.63, 3.8) is 0 Å². The van der Waals surface area contributed by atoms with Gasteiger partial charge in [-0.15, -0.1) is 0 Å². The molecule has 0 saturated carbocycles. The Labute approximate surface area is 167 Å². The largest absolute Gasteiger partial charge is 0.494 e. The third kappa shape index (κ3) is 7.76. The van der Waals surface area contributed by atoms with Crippen LogP contribution < -0.4 is 4.74 Å². The van der Waals surface area contributed by atoms with Gasteiger partial charge in [-0.25, -0.2) is 4.79 Å². The number of carboxylic acids is 1. The number of rotatable bonds is 9. The zero-order valence-electron chi connectivity index (χ0n) is 17.2. The Morgan fingerprint density at radius 3 is 2.32 bits per heavy atom. The highest BCUT2D eigenvalue weighted by molar-refractivity contribution is 5.71. The molecule has 0 radical (unpaired) electrons. The van der Waals surface area contributed by atoms with Gasteiger partial charge in [0.2, 0.25) is 0 Å². The van der Waals surface area contributed by atoms with E-state index in [0.717, 1.165) is 35.2 Å². The Hall–Kier alpha value is -2.28. The number of carbonyl (C=O) groups excluding carboxylic acids is 1. The first-order valence-corrected chi connectivity index (χ1v) is 9.91. The lowest BCUT2D eigenvalue weighted by Gasteiger charge is -2.29. The first-order valence-electron chi connectivity index (χ1n) is 9.91. The zero-order chi connectivity index (χ0) is 20.6. The summed E-state index contributed by atoms with van der Waals surface area (Å²) in [7, 11) is 6.55. The van der Waals surface area contributed by atoms with Gasteiger partial charge in [0.1, 0.15) is 12.4 Å². The van der Waals surface area contributed by atoms with Crippen molar-refractivity contribution in [3.05, 3.63) is 29.8 Å². The molecule has 1 aliphatic rings. The fourth-order valence-corrected chi connectivity index (χ4v) is 3.11. The van der Waals surface area contributed by atoms with Gasteiger partial charge in [-0.05, 0) is 43.4 Å². The maximum absolute atomic E-state index is 12.1. The summed E-state index contributed by atoms with van der Waals surface area (Å²) >= 11 is 0. The van der Waals surface area contributed by atoms with Gasteiger partial charge in [-0.3, -0.25) is 4.79 Å².